The summed E-state index contributed by atoms with van der Waals surface area (Å²) < 4.78 is 7.46. The Hall–Kier alpha value is -3.61. The van der Waals surface area contributed by atoms with Crippen molar-refractivity contribution in [1.82, 2.24) is 14.7 Å². The van der Waals surface area contributed by atoms with Gasteiger partial charge in [-0.25, -0.2) is 4.68 Å². The van der Waals surface area contributed by atoms with Gasteiger partial charge in [0, 0.05) is 23.6 Å². The van der Waals surface area contributed by atoms with Crippen LogP contribution in [0.3, 0.4) is 0 Å². The average molecular weight is 505 g/mol. The lowest BCUT2D eigenvalue weighted by molar-refractivity contribution is -0.117. The molecule has 0 aliphatic carbocycles. The van der Waals surface area contributed by atoms with Crippen molar-refractivity contribution in [2.24, 2.45) is 0 Å². The van der Waals surface area contributed by atoms with Crippen LogP contribution in [-0.4, -0.2) is 46.2 Å². The van der Waals surface area contributed by atoms with Crippen molar-refractivity contribution in [3.05, 3.63) is 71.9 Å². The van der Waals surface area contributed by atoms with Gasteiger partial charge in [0.05, 0.1) is 18.0 Å². The first-order valence-corrected chi connectivity index (χ1v) is 13.2. The number of nitrogens with one attached hydrogen (secondary N) is 1. The lowest BCUT2D eigenvalue weighted by Crippen LogP contribution is -2.39. The molecule has 0 saturated heterocycles. The number of anilines is 1. The van der Waals surface area contributed by atoms with E-state index in [0.717, 1.165) is 42.8 Å². The summed E-state index contributed by atoms with van der Waals surface area (Å²) in [4.78, 5) is 28.1. The monoisotopic (exact) mass is 504 g/mol. The molecule has 0 radical (unpaired) electrons. The van der Waals surface area contributed by atoms with Crippen LogP contribution in [0, 0.1) is 0 Å². The zero-order valence-corrected chi connectivity index (χ0v) is 22.8. The van der Waals surface area contributed by atoms with Gasteiger partial charge in [-0.3, -0.25) is 9.59 Å². The van der Waals surface area contributed by atoms with E-state index < -0.39 is 0 Å². The van der Waals surface area contributed by atoms with E-state index >= 15 is 0 Å². The highest BCUT2D eigenvalue weighted by atomic mass is 16.5. The van der Waals surface area contributed by atoms with Crippen molar-refractivity contribution in [1.29, 1.82) is 0 Å². The maximum atomic E-state index is 13.3. The van der Waals surface area contributed by atoms with Gasteiger partial charge in [0.2, 0.25) is 5.91 Å². The average Bonchev–Trinajstić information content (AvgIpc) is 3.31. The Morgan fingerprint density at radius 3 is 2.27 bits per heavy atom. The van der Waals surface area contributed by atoms with Crippen molar-refractivity contribution in [3.8, 4) is 11.4 Å². The van der Waals surface area contributed by atoms with Gasteiger partial charge in [-0.15, -0.1) is 0 Å². The van der Waals surface area contributed by atoms with Gasteiger partial charge in [-0.2, -0.15) is 5.10 Å². The number of ether oxygens (including phenoxy) is 1. The quantitative estimate of drug-likeness (QED) is 0.297. The minimum absolute atomic E-state index is 0.0432. The third kappa shape index (κ3) is 7.94. The van der Waals surface area contributed by atoms with E-state index in [0.29, 0.717) is 24.5 Å². The maximum Gasteiger partial charge on any atom is 0.254 e. The molecule has 0 aliphatic rings. The molecule has 3 aromatic rings. The fourth-order valence-corrected chi connectivity index (χ4v) is 3.77. The number of carbonyl (C=O) groups excluding carboxylic acids is 2. The predicted molar refractivity (Wildman–Crippen MR) is 149 cm³/mol. The number of hydrogen-bond donors (Lipinski definition) is 1. The first kappa shape index (κ1) is 28.0. The van der Waals surface area contributed by atoms with E-state index in [1.165, 1.54) is 0 Å². The molecule has 3 rings (SSSR count). The minimum atomic E-state index is -0.262. The maximum absolute atomic E-state index is 13.3. The summed E-state index contributed by atoms with van der Waals surface area (Å²) in [5.41, 5.74) is 2.08. The van der Waals surface area contributed by atoms with E-state index in [1.807, 2.05) is 48.5 Å². The molecule has 2 amide bonds. The molecule has 0 saturated carbocycles. The second-order valence-corrected chi connectivity index (χ2v) is 10.3. The summed E-state index contributed by atoms with van der Waals surface area (Å²) in [6, 6.07) is 18.8. The van der Waals surface area contributed by atoms with Gasteiger partial charge in [-0.05, 0) is 49.2 Å². The molecule has 0 bridgehead atoms. The molecule has 0 unspecified atom stereocenters. The second kappa shape index (κ2) is 13.1. The first-order valence-electron chi connectivity index (χ1n) is 13.2. The Balaban J connectivity index is 1.76. The van der Waals surface area contributed by atoms with Crippen LogP contribution in [0.2, 0.25) is 0 Å². The molecule has 1 aromatic heterocycles. The van der Waals surface area contributed by atoms with Crippen molar-refractivity contribution in [2.75, 3.05) is 25.0 Å². The van der Waals surface area contributed by atoms with Gasteiger partial charge >= 0.3 is 0 Å². The number of amides is 2. The highest BCUT2D eigenvalue weighted by Crippen LogP contribution is 2.26. The number of carbonyl (C=O) groups is 2. The number of hydrogen-bond acceptors (Lipinski definition) is 4. The molecule has 198 valence electrons. The van der Waals surface area contributed by atoms with Gasteiger partial charge in [0.15, 0.2) is 0 Å². The lowest BCUT2D eigenvalue weighted by atomic mass is 9.92. The highest BCUT2D eigenvalue weighted by molar-refractivity contribution is 5.99. The SMILES string of the molecule is CCCCOc1ccc(C(=O)N(CCCC)CC(=O)Nc2cc(C(C)(C)C)nn2-c2ccccc2)cc1. The van der Waals surface area contributed by atoms with Gasteiger partial charge in [0.1, 0.15) is 18.1 Å². The Morgan fingerprint density at radius 1 is 0.973 bits per heavy atom. The summed E-state index contributed by atoms with van der Waals surface area (Å²) in [6.45, 7) is 11.6. The summed E-state index contributed by atoms with van der Waals surface area (Å²) in [5.74, 6) is 0.890. The molecule has 1 heterocycles. The van der Waals surface area contributed by atoms with Crippen molar-refractivity contribution in [2.45, 2.75) is 65.7 Å². The first-order chi connectivity index (χ1) is 17.7. The number of rotatable bonds is 12. The fourth-order valence-electron chi connectivity index (χ4n) is 3.77. The lowest BCUT2D eigenvalue weighted by Gasteiger charge is -2.22. The molecule has 0 aliphatic heterocycles. The van der Waals surface area contributed by atoms with Crippen molar-refractivity contribution < 1.29 is 14.3 Å². The Kier molecular flexibility index (Phi) is 9.89. The predicted octanol–water partition coefficient (Wildman–Crippen LogP) is 6.23. The fraction of sp³-hybridized carbons (Fsp3) is 0.433. The topological polar surface area (TPSA) is 76.5 Å². The third-order valence-electron chi connectivity index (χ3n) is 6.02. The summed E-state index contributed by atoms with van der Waals surface area (Å²) >= 11 is 0. The van der Waals surface area contributed by atoms with Crippen LogP contribution in [0.1, 0.15) is 76.4 Å². The summed E-state index contributed by atoms with van der Waals surface area (Å²) in [7, 11) is 0. The third-order valence-corrected chi connectivity index (χ3v) is 6.02. The molecule has 2 aromatic carbocycles. The molecule has 0 fully saturated rings. The number of aromatic nitrogens is 2. The largest absolute Gasteiger partial charge is 0.494 e. The van der Waals surface area contributed by atoms with Crippen LogP contribution in [0.15, 0.2) is 60.7 Å². The molecule has 7 heteroatoms. The molecular weight excluding hydrogens is 464 g/mol. The second-order valence-electron chi connectivity index (χ2n) is 10.3. The van der Waals surface area contributed by atoms with Gasteiger partial charge in [-0.1, -0.05) is 65.7 Å². The number of unbranched alkanes of at least 4 members (excludes halogenated alkanes) is 2. The van der Waals surface area contributed by atoms with Gasteiger partial charge < -0.3 is 15.0 Å². The van der Waals surface area contributed by atoms with Gasteiger partial charge in [0.25, 0.3) is 5.91 Å². The van der Waals surface area contributed by atoms with Crippen LogP contribution < -0.4 is 10.1 Å². The van der Waals surface area contributed by atoms with E-state index in [1.54, 1.807) is 21.7 Å². The Bertz CT molecular complexity index is 1150. The van der Waals surface area contributed by atoms with Crippen LogP contribution in [-0.2, 0) is 10.2 Å². The van der Waals surface area contributed by atoms with Crippen LogP contribution in [0.25, 0.3) is 5.69 Å². The van der Waals surface area contributed by atoms with Crippen LogP contribution in [0.4, 0.5) is 5.82 Å². The zero-order valence-electron chi connectivity index (χ0n) is 22.8. The Labute approximate surface area is 220 Å². The summed E-state index contributed by atoms with van der Waals surface area (Å²) in [5, 5.41) is 7.76. The highest BCUT2D eigenvalue weighted by Gasteiger charge is 2.23. The number of nitrogens with zero attached hydrogens (tertiary/aromatic N) is 3. The van der Waals surface area contributed by atoms with E-state index in [4.69, 9.17) is 9.84 Å². The van der Waals surface area contributed by atoms with Crippen LogP contribution >= 0.6 is 0 Å². The normalized spacial score (nSPS) is 11.3. The molecule has 1 N–H and O–H groups in total. The Morgan fingerprint density at radius 2 is 1.65 bits per heavy atom. The smallest absolute Gasteiger partial charge is 0.254 e. The minimum Gasteiger partial charge on any atom is -0.494 e. The van der Waals surface area contributed by atoms with Crippen LogP contribution in [0.5, 0.6) is 5.75 Å². The number of para-hydroxylation sites is 1. The molecule has 0 spiro atoms. The van der Waals surface area contributed by atoms with Crippen molar-refractivity contribution in [3.63, 3.8) is 0 Å². The number of benzene rings is 2. The van der Waals surface area contributed by atoms with Crippen molar-refractivity contribution >= 4 is 17.6 Å². The molecule has 37 heavy (non-hydrogen) atoms. The van der Waals surface area contributed by atoms with E-state index in [2.05, 4.69) is 39.9 Å². The van der Waals surface area contributed by atoms with E-state index in [-0.39, 0.29) is 23.8 Å². The molecular formula is C30H40N4O3. The zero-order chi connectivity index (χ0) is 26.8. The summed E-state index contributed by atoms with van der Waals surface area (Å²) in [6.07, 6.45) is 3.79. The molecule has 0 atom stereocenters. The standard InChI is InChI=1S/C30H40N4O3/c1-6-8-19-33(29(36)23-15-17-25(18-16-23)37-20-9-7-2)22-28(35)31-27-21-26(30(3,4)5)32-34(27)24-13-11-10-12-14-24/h10-18,21H,6-9,19-20,22H2,1-5H3,(H,31,35). The molecule has 7 nitrogen and oxygen atoms in total. The van der Waals surface area contributed by atoms with E-state index in [9.17, 15) is 9.59 Å².